The Morgan fingerprint density at radius 1 is 0.837 bits per heavy atom. The zero-order valence-electron chi connectivity index (χ0n) is 24.1. The Kier molecular flexibility index (Phi) is 10.0. The summed E-state index contributed by atoms with van der Waals surface area (Å²) in [5.41, 5.74) is 3.49. The third-order valence-corrected chi connectivity index (χ3v) is 6.56. The molecule has 0 bridgehead atoms. The van der Waals surface area contributed by atoms with Crippen molar-refractivity contribution in [2.45, 2.75) is 25.9 Å². The van der Waals surface area contributed by atoms with Gasteiger partial charge in [-0.25, -0.2) is 14.4 Å². The lowest BCUT2D eigenvalue weighted by molar-refractivity contribution is -0.154. The van der Waals surface area contributed by atoms with Crippen LogP contribution in [0.15, 0.2) is 83.9 Å². The third kappa shape index (κ3) is 8.36. The first-order valence-electron chi connectivity index (χ1n) is 13.4. The molecule has 1 atom stereocenters. The van der Waals surface area contributed by atoms with E-state index in [2.05, 4.69) is 28.4 Å². The minimum absolute atomic E-state index is 0.150. The first-order valence-corrected chi connectivity index (χ1v) is 13.4. The Morgan fingerprint density at radius 2 is 1.33 bits per heavy atom. The van der Waals surface area contributed by atoms with E-state index >= 15 is 0 Å². The third-order valence-electron chi connectivity index (χ3n) is 6.56. The van der Waals surface area contributed by atoms with Crippen molar-refractivity contribution in [2.24, 2.45) is 0 Å². The number of aliphatic hydroxyl groups is 1. The number of ether oxygens (including phenoxy) is 4. The van der Waals surface area contributed by atoms with Gasteiger partial charge in [-0.1, -0.05) is 29.3 Å². The molecule has 1 fully saturated rings. The van der Waals surface area contributed by atoms with Crippen molar-refractivity contribution in [1.82, 2.24) is 0 Å². The van der Waals surface area contributed by atoms with Gasteiger partial charge in [0.25, 0.3) is 0 Å². The molecule has 218 valence electrons. The number of hydrogen-bond acceptors (Lipinski definition) is 8. The van der Waals surface area contributed by atoms with Gasteiger partial charge in [0.15, 0.2) is 12.2 Å². The molecule has 0 spiro atoms. The highest BCUT2D eigenvalue weighted by Gasteiger charge is 2.45. The molecule has 1 aliphatic rings. The van der Waals surface area contributed by atoms with Crippen LogP contribution in [0, 0.1) is 23.7 Å². The number of carbonyl (C=O) groups excluding carboxylic acids is 3. The fourth-order valence-electron chi connectivity index (χ4n) is 4.02. The lowest BCUT2D eigenvalue weighted by Gasteiger charge is -2.24. The number of rotatable bonds is 7. The van der Waals surface area contributed by atoms with Gasteiger partial charge in [-0.15, -0.1) is 0 Å². The van der Waals surface area contributed by atoms with Gasteiger partial charge in [0.1, 0.15) is 12.4 Å². The summed E-state index contributed by atoms with van der Waals surface area (Å²) in [7, 11) is 1.31. The second kappa shape index (κ2) is 14.0. The topological polar surface area (TPSA) is 108 Å². The molecule has 1 saturated heterocycles. The summed E-state index contributed by atoms with van der Waals surface area (Å²) in [4.78, 5) is 35.8. The summed E-state index contributed by atoms with van der Waals surface area (Å²) < 4.78 is 20.6. The maximum atomic E-state index is 12.6. The molecular weight excluding hydrogens is 548 g/mol. The van der Waals surface area contributed by atoms with Crippen LogP contribution < -0.4 is 4.74 Å². The minimum atomic E-state index is -1.26. The Hall–Kier alpha value is -5.31. The predicted molar refractivity (Wildman–Crippen MR) is 158 cm³/mol. The Labute approximate surface area is 250 Å². The van der Waals surface area contributed by atoms with Gasteiger partial charge in [-0.05, 0) is 86.6 Å². The molecule has 4 rings (SSSR count). The second-order valence-electron chi connectivity index (χ2n) is 10.0. The van der Waals surface area contributed by atoms with Crippen LogP contribution >= 0.6 is 0 Å². The lowest BCUT2D eigenvalue weighted by Crippen LogP contribution is -2.39. The van der Waals surface area contributed by atoms with Crippen LogP contribution in [0.1, 0.15) is 52.9 Å². The van der Waals surface area contributed by atoms with Crippen LogP contribution in [0.5, 0.6) is 5.75 Å². The van der Waals surface area contributed by atoms with Gasteiger partial charge in [-0.2, -0.15) is 0 Å². The number of allylic oxidation sites excluding steroid dienone is 1. The molecule has 1 unspecified atom stereocenters. The highest BCUT2D eigenvalue weighted by molar-refractivity contribution is 5.92. The predicted octanol–water partition coefficient (Wildman–Crippen LogP) is 4.21. The smallest absolute Gasteiger partial charge is 0.343 e. The molecule has 0 radical (unpaired) electrons. The van der Waals surface area contributed by atoms with Crippen molar-refractivity contribution >= 4 is 17.9 Å². The van der Waals surface area contributed by atoms with Gasteiger partial charge in [0, 0.05) is 34.2 Å². The van der Waals surface area contributed by atoms with Crippen molar-refractivity contribution in [2.75, 3.05) is 26.9 Å². The van der Waals surface area contributed by atoms with Crippen LogP contribution in [0.3, 0.4) is 0 Å². The van der Waals surface area contributed by atoms with Crippen molar-refractivity contribution in [1.29, 1.82) is 0 Å². The van der Waals surface area contributed by atoms with Crippen LogP contribution in [-0.4, -0.2) is 55.5 Å². The van der Waals surface area contributed by atoms with E-state index in [-0.39, 0.29) is 19.6 Å². The van der Waals surface area contributed by atoms with E-state index in [0.717, 1.165) is 22.3 Å². The van der Waals surface area contributed by atoms with Gasteiger partial charge in [-0.3, -0.25) is 0 Å². The van der Waals surface area contributed by atoms with Gasteiger partial charge < -0.3 is 24.1 Å². The number of esters is 3. The number of hydrogen-bond donors (Lipinski definition) is 1. The summed E-state index contributed by atoms with van der Waals surface area (Å²) >= 11 is 0. The summed E-state index contributed by atoms with van der Waals surface area (Å²) in [6, 6.07) is 21.3. The molecule has 1 aliphatic heterocycles. The minimum Gasteiger partial charge on any atom is -0.482 e. The van der Waals surface area contributed by atoms with E-state index in [1.165, 1.54) is 7.11 Å². The SMILES string of the molecule is COC(=O)COc1ccc(C#Cc2ccc(C#Cc3ccc(C(=O)OCC4(CO)CC(=C(C)C)C(=O)O4)cc3)cc2)cc1. The van der Waals surface area contributed by atoms with Crippen LogP contribution in [-0.2, 0) is 23.8 Å². The summed E-state index contributed by atoms with van der Waals surface area (Å²) in [6.07, 6.45) is 0.185. The molecule has 1 N–H and O–H groups in total. The van der Waals surface area contributed by atoms with Crippen molar-refractivity contribution < 1.29 is 38.4 Å². The zero-order chi connectivity index (χ0) is 30.8. The largest absolute Gasteiger partial charge is 0.482 e. The van der Waals surface area contributed by atoms with E-state index in [1.54, 1.807) is 50.2 Å². The first kappa shape index (κ1) is 30.6. The summed E-state index contributed by atoms with van der Waals surface area (Å²) in [5, 5.41) is 9.81. The summed E-state index contributed by atoms with van der Waals surface area (Å²) in [5.74, 6) is 11.4. The molecule has 0 aliphatic carbocycles. The maximum Gasteiger partial charge on any atom is 0.343 e. The van der Waals surface area contributed by atoms with Crippen molar-refractivity contribution in [3.8, 4) is 29.4 Å². The normalized spacial score (nSPS) is 15.3. The first-order chi connectivity index (χ1) is 20.7. The maximum absolute atomic E-state index is 12.6. The molecule has 0 saturated carbocycles. The fourth-order valence-corrected chi connectivity index (χ4v) is 4.02. The van der Waals surface area contributed by atoms with Crippen LogP contribution in [0.4, 0.5) is 0 Å². The van der Waals surface area contributed by atoms with Crippen molar-refractivity contribution in [3.05, 3.63) is 112 Å². The Balaban J connectivity index is 1.30. The molecule has 1 heterocycles. The summed E-state index contributed by atoms with van der Waals surface area (Å²) in [6.45, 7) is 2.75. The average molecular weight is 579 g/mol. The molecule has 8 nitrogen and oxygen atoms in total. The van der Waals surface area contributed by atoms with Gasteiger partial charge in [0.2, 0.25) is 0 Å². The Bertz CT molecular complexity index is 1640. The van der Waals surface area contributed by atoms with E-state index in [0.29, 0.717) is 22.4 Å². The number of cyclic esters (lactones) is 1. The molecule has 43 heavy (non-hydrogen) atoms. The molecule has 3 aromatic rings. The second-order valence-corrected chi connectivity index (χ2v) is 10.0. The van der Waals surface area contributed by atoms with Crippen LogP contribution in [0.2, 0.25) is 0 Å². The molecule has 0 amide bonds. The number of aliphatic hydroxyl groups excluding tert-OH is 1. The number of benzene rings is 3. The highest BCUT2D eigenvalue weighted by atomic mass is 16.6. The van der Waals surface area contributed by atoms with Gasteiger partial charge in [0.05, 0.1) is 19.3 Å². The van der Waals surface area contributed by atoms with Crippen LogP contribution in [0.25, 0.3) is 0 Å². The molecule has 8 heteroatoms. The van der Waals surface area contributed by atoms with E-state index < -0.39 is 30.1 Å². The lowest BCUT2D eigenvalue weighted by atomic mass is 9.97. The highest BCUT2D eigenvalue weighted by Crippen LogP contribution is 2.33. The number of methoxy groups -OCH3 is 1. The molecule has 3 aromatic carbocycles. The average Bonchev–Trinajstić information content (AvgIpc) is 3.38. The van der Waals surface area contributed by atoms with E-state index in [1.807, 2.05) is 36.4 Å². The Morgan fingerprint density at radius 3 is 1.77 bits per heavy atom. The van der Waals surface area contributed by atoms with Gasteiger partial charge >= 0.3 is 17.9 Å². The van der Waals surface area contributed by atoms with Crippen molar-refractivity contribution in [3.63, 3.8) is 0 Å². The number of carbonyl (C=O) groups is 3. The molecule has 0 aromatic heterocycles. The monoisotopic (exact) mass is 578 g/mol. The standard InChI is InChI=1S/C35H30O8/c1-24(2)31-20-35(22-36,43-34(31)39)23-42-33(38)29-16-12-27(13-17-29)10-8-25-4-6-26(7-5-25)9-11-28-14-18-30(19-15-28)41-21-32(37)40-3/h4-7,12-19,36H,20-23H2,1-3H3. The van der Waals surface area contributed by atoms with E-state index in [9.17, 15) is 19.5 Å². The zero-order valence-corrected chi connectivity index (χ0v) is 24.1. The fraction of sp³-hybridized carbons (Fsp3) is 0.229. The quantitative estimate of drug-likeness (QED) is 0.192. The van der Waals surface area contributed by atoms with E-state index in [4.69, 9.17) is 14.2 Å². The molecular formula is C35H30O8.